The number of hydrogen-bond acceptors (Lipinski definition) is 6. The number of allylic oxidation sites excluding steroid dienone is 2. The van der Waals surface area contributed by atoms with E-state index in [9.17, 15) is 24.7 Å². The summed E-state index contributed by atoms with van der Waals surface area (Å²) in [5.74, 6) is -1.46. The summed E-state index contributed by atoms with van der Waals surface area (Å²) in [7, 11) is -1.69. The molecule has 0 aromatic heterocycles. The van der Waals surface area contributed by atoms with E-state index in [-0.39, 0.29) is 35.0 Å². The molecule has 1 aliphatic carbocycles. The molecule has 9 heteroatoms. The number of aromatic hydroxyl groups is 1. The fourth-order valence-electron chi connectivity index (χ4n) is 6.78. The highest BCUT2D eigenvalue weighted by Crippen LogP contribution is 2.50. The van der Waals surface area contributed by atoms with E-state index >= 15 is 0 Å². The molecule has 3 aromatic carbocycles. The number of amides is 2. The van der Waals surface area contributed by atoms with Crippen LogP contribution in [-0.2, 0) is 14.3 Å². The molecule has 2 aliphatic heterocycles. The van der Waals surface area contributed by atoms with Gasteiger partial charge in [0.2, 0.25) is 11.8 Å². The van der Waals surface area contributed by atoms with Gasteiger partial charge >= 0.3 is 7.12 Å². The Bertz CT molecular complexity index is 1600. The number of rotatable bonds is 7. The number of anilines is 1. The lowest BCUT2D eigenvalue weighted by Crippen LogP contribution is -2.35. The van der Waals surface area contributed by atoms with Crippen molar-refractivity contribution in [2.75, 3.05) is 11.5 Å². The highest BCUT2D eigenvalue weighted by atomic mass is 79.9. The molecule has 6 rings (SSSR count). The van der Waals surface area contributed by atoms with Crippen LogP contribution in [0.15, 0.2) is 88.4 Å². The molecule has 3 N–H and O–H groups in total. The summed E-state index contributed by atoms with van der Waals surface area (Å²) in [5.41, 5.74) is 5.64. The van der Waals surface area contributed by atoms with Gasteiger partial charge in [-0.05, 0) is 84.8 Å². The number of fused-ring (bicyclic) bond motifs is 3. The maximum Gasteiger partial charge on any atom is 0.488 e. The molecule has 0 unspecified atom stereocenters. The van der Waals surface area contributed by atoms with Crippen molar-refractivity contribution in [1.82, 2.24) is 0 Å². The third kappa shape index (κ3) is 5.26. The molecule has 3 aromatic rings. The van der Waals surface area contributed by atoms with E-state index in [0.717, 1.165) is 32.3 Å². The molecule has 2 heterocycles. The third-order valence-electron chi connectivity index (χ3n) is 8.72. The number of hydrogen-bond donors (Lipinski definition) is 3. The SMILES string of the molecule is CC1=C2[C@@H](CC/C(=C/c3cc(Br)ccc3O)c3ccccc3)OC[C@@H]2[C@@H]2C(=O)N(c3cccc(B(O)O)c3)C(=O)[C@@H]2C1. The van der Waals surface area contributed by atoms with Gasteiger partial charge in [-0.2, -0.15) is 0 Å². The van der Waals surface area contributed by atoms with E-state index in [2.05, 4.69) is 28.1 Å². The topological polar surface area (TPSA) is 107 Å². The lowest BCUT2D eigenvalue weighted by Gasteiger charge is -2.30. The molecule has 0 radical (unpaired) electrons. The average Bonchev–Trinajstić information content (AvgIpc) is 3.51. The molecular formula is C33H31BBrNO6. The van der Waals surface area contributed by atoms with Crippen LogP contribution >= 0.6 is 15.9 Å². The van der Waals surface area contributed by atoms with E-state index in [4.69, 9.17) is 4.74 Å². The molecule has 214 valence electrons. The van der Waals surface area contributed by atoms with Crippen molar-refractivity contribution in [1.29, 1.82) is 0 Å². The zero-order valence-corrected chi connectivity index (χ0v) is 24.7. The fourth-order valence-corrected chi connectivity index (χ4v) is 7.15. The van der Waals surface area contributed by atoms with Crippen LogP contribution in [0, 0.1) is 17.8 Å². The summed E-state index contributed by atoms with van der Waals surface area (Å²) in [5, 5.41) is 29.7. The molecule has 2 fully saturated rings. The summed E-state index contributed by atoms with van der Waals surface area (Å²) in [4.78, 5) is 28.5. The quantitative estimate of drug-likeness (QED) is 0.152. The lowest BCUT2D eigenvalue weighted by atomic mass is 9.70. The number of phenols is 1. The maximum atomic E-state index is 13.8. The normalized spacial score (nSPS) is 23.8. The van der Waals surface area contributed by atoms with Crippen molar-refractivity contribution in [3.8, 4) is 5.75 Å². The lowest BCUT2D eigenvalue weighted by molar-refractivity contribution is -0.122. The molecular weight excluding hydrogens is 597 g/mol. The van der Waals surface area contributed by atoms with Crippen LogP contribution in [-0.4, -0.2) is 46.8 Å². The standard InChI is InChI=1S/C33H31BBrNO6/c1-19-14-26-31(33(39)36(32(26)38)25-9-5-8-23(17-25)34(40)41)27-18-42-29(30(19)27)13-10-21(20-6-3-2-4-7-20)15-22-16-24(35)11-12-28(22)37/h2-9,11-12,15-17,26-27,29,31,37,40-41H,10,13-14,18H2,1H3/b21-15-/t26-,27+,29-,31-/m1/s1. The summed E-state index contributed by atoms with van der Waals surface area (Å²) in [6, 6.07) is 21.7. The van der Waals surface area contributed by atoms with Gasteiger partial charge in [-0.3, -0.25) is 14.5 Å². The van der Waals surface area contributed by atoms with E-state index in [0.29, 0.717) is 31.6 Å². The number of phenolic OH excluding ortho intramolecular Hbond substituents is 1. The summed E-state index contributed by atoms with van der Waals surface area (Å²) < 4.78 is 7.22. The van der Waals surface area contributed by atoms with Crippen molar-refractivity contribution in [3.63, 3.8) is 0 Å². The Balaban J connectivity index is 1.25. The number of carbonyl (C=O) groups excluding carboxylic acids is 2. The second-order valence-electron chi connectivity index (χ2n) is 11.3. The Morgan fingerprint density at radius 2 is 1.81 bits per heavy atom. The minimum absolute atomic E-state index is 0.177. The summed E-state index contributed by atoms with van der Waals surface area (Å²) in [6.07, 6.45) is 3.71. The molecule has 2 saturated heterocycles. The molecule has 3 aliphatic rings. The molecule has 7 nitrogen and oxygen atoms in total. The Labute approximate surface area is 253 Å². The molecule has 0 spiro atoms. The first-order chi connectivity index (χ1) is 20.2. The van der Waals surface area contributed by atoms with E-state index in [1.807, 2.05) is 37.3 Å². The Morgan fingerprint density at radius 3 is 2.57 bits per heavy atom. The monoisotopic (exact) mass is 627 g/mol. The molecule has 0 saturated carbocycles. The van der Waals surface area contributed by atoms with E-state index < -0.39 is 19.0 Å². The minimum atomic E-state index is -1.69. The second-order valence-corrected chi connectivity index (χ2v) is 12.2. The maximum absolute atomic E-state index is 13.8. The largest absolute Gasteiger partial charge is 0.507 e. The van der Waals surface area contributed by atoms with Gasteiger partial charge in [0.25, 0.3) is 0 Å². The van der Waals surface area contributed by atoms with Gasteiger partial charge in [0, 0.05) is 16.0 Å². The van der Waals surface area contributed by atoms with E-state index in [1.54, 1.807) is 30.3 Å². The number of benzene rings is 3. The van der Waals surface area contributed by atoms with Crippen LogP contribution in [0.1, 0.15) is 37.3 Å². The first-order valence-electron chi connectivity index (χ1n) is 14.1. The molecule has 2 amide bonds. The van der Waals surface area contributed by atoms with Gasteiger partial charge in [-0.15, -0.1) is 0 Å². The van der Waals surface area contributed by atoms with Gasteiger partial charge in [0.05, 0.1) is 30.2 Å². The fraction of sp³-hybridized carbons (Fsp3) is 0.273. The first kappa shape index (κ1) is 28.6. The van der Waals surface area contributed by atoms with Gasteiger partial charge in [-0.25, -0.2) is 0 Å². The van der Waals surface area contributed by atoms with Crippen molar-refractivity contribution in [2.45, 2.75) is 32.3 Å². The van der Waals surface area contributed by atoms with Gasteiger partial charge in [-0.1, -0.05) is 64.0 Å². The predicted molar refractivity (Wildman–Crippen MR) is 166 cm³/mol. The molecule has 0 bridgehead atoms. The van der Waals surface area contributed by atoms with Crippen molar-refractivity contribution in [3.05, 3.63) is 99.5 Å². The van der Waals surface area contributed by atoms with Crippen LogP contribution in [0.4, 0.5) is 5.69 Å². The summed E-state index contributed by atoms with van der Waals surface area (Å²) >= 11 is 3.50. The Morgan fingerprint density at radius 1 is 1.02 bits per heavy atom. The van der Waals surface area contributed by atoms with Crippen LogP contribution < -0.4 is 10.4 Å². The summed E-state index contributed by atoms with van der Waals surface area (Å²) in [6.45, 7) is 2.41. The number of carbonyl (C=O) groups is 2. The zero-order chi connectivity index (χ0) is 29.5. The highest BCUT2D eigenvalue weighted by molar-refractivity contribution is 9.10. The molecule has 4 atom stereocenters. The van der Waals surface area contributed by atoms with Crippen molar-refractivity contribution < 1.29 is 29.5 Å². The number of nitrogens with zero attached hydrogens (tertiary/aromatic N) is 1. The van der Waals surface area contributed by atoms with Crippen LogP contribution in [0.2, 0.25) is 0 Å². The highest BCUT2D eigenvalue weighted by Gasteiger charge is 2.56. The van der Waals surface area contributed by atoms with E-state index in [1.165, 1.54) is 11.0 Å². The Kier molecular flexibility index (Phi) is 7.94. The van der Waals surface area contributed by atoms with Gasteiger partial charge in [0.15, 0.2) is 0 Å². The number of imide groups is 1. The minimum Gasteiger partial charge on any atom is -0.507 e. The van der Waals surface area contributed by atoms with Gasteiger partial charge < -0.3 is 19.9 Å². The van der Waals surface area contributed by atoms with Crippen LogP contribution in [0.5, 0.6) is 5.75 Å². The zero-order valence-electron chi connectivity index (χ0n) is 23.1. The smallest absolute Gasteiger partial charge is 0.488 e. The van der Waals surface area contributed by atoms with Crippen LogP contribution in [0.25, 0.3) is 11.6 Å². The van der Waals surface area contributed by atoms with Crippen molar-refractivity contribution in [2.24, 2.45) is 17.8 Å². The third-order valence-corrected chi connectivity index (χ3v) is 9.21. The first-order valence-corrected chi connectivity index (χ1v) is 14.9. The average molecular weight is 628 g/mol. The Hall–Kier alpha value is -3.50. The van der Waals surface area contributed by atoms with Crippen molar-refractivity contribution >= 4 is 57.7 Å². The number of halogens is 1. The predicted octanol–water partition coefficient (Wildman–Crippen LogP) is 4.70. The molecule has 42 heavy (non-hydrogen) atoms. The number of ether oxygens (including phenoxy) is 1. The second kappa shape index (κ2) is 11.6. The van der Waals surface area contributed by atoms with Gasteiger partial charge in [0.1, 0.15) is 5.75 Å². The van der Waals surface area contributed by atoms with Crippen LogP contribution in [0.3, 0.4) is 0 Å².